The zero-order chi connectivity index (χ0) is 20.9. The quantitative estimate of drug-likeness (QED) is 0.423. The average molecular weight is 399 g/mol. The van der Waals surface area contributed by atoms with Gasteiger partial charge in [0.25, 0.3) is 11.8 Å². The summed E-state index contributed by atoms with van der Waals surface area (Å²) in [6.07, 6.45) is 0. The van der Waals surface area contributed by atoms with Crippen molar-refractivity contribution in [1.82, 2.24) is 4.98 Å². The molecule has 0 aliphatic rings. The van der Waals surface area contributed by atoms with Crippen LogP contribution in [0.1, 0.15) is 27.8 Å². The molecule has 0 fully saturated rings. The molecule has 0 atom stereocenters. The summed E-state index contributed by atoms with van der Waals surface area (Å²) in [6, 6.07) is 23.4. The summed E-state index contributed by atoms with van der Waals surface area (Å²) >= 11 is 0. The molecular formula is C24H21N3O3. The van der Waals surface area contributed by atoms with Crippen molar-refractivity contribution in [2.24, 2.45) is 0 Å². The van der Waals surface area contributed by atoms with E-state index in [0.29, 0.717) is 29.2 Å². The maximum absolute atomic E-state index is 12.7. The molecule has 0 aliphatic carbocycles. The number of anilines is 2. The van der Waals surface area contributed by atoms with E-state index in [1.807, 2.05) is 43.3 Å². The van der Waals surface area contributed by atoms with Gasteiger partial charge in [-0.1, -0.05) is 24.3 Å². The van der Waals surface area contributed by atoms with Gasteiger partial charge < -0.3 is 20.4 Å². The van der Waals surface area contributed by atoms with Crippen molar-refractivity contribution in [2.75, 3.05) is 17.2 Å². The summed E-state index contributed by atoms with van der Waals surface area (Å²) < 4.78 is 5.50. The van der Waals surface area contributed by atoms with Crippen LogP contribution in [0.15, 0.2) is 78.9 Å². The second-order valence-electron chi connectivity index (χ2n) is 6.72. The second-order valence-corrected chi connectivity index (χ2v) is 6.72. The van der Waals surface area contributed by atoms with Gasteiger partial charge in [0.15, 0.2) is 0 Å². The third-order valence-corrected chi connectivity index (χ3v) is 4.56. The molecule has 0 spiro atoms. The summed E-state index contributed by atoms with van der Waals surface area (Å²) in [5.41, 5.74) is 3.02. The van der Waals surface area contributed by atoms with Crippen molar-refractivity contribution in [1.29, 1.82) is 0 Å². The van der Waals surface area contributed by atoms with Crippen LogP contribution in [-0.4, -0.2) is 23.4 Å². The first-order chi connectivity index (χ1) is 14.6. The van der Waals surface area contributed by atoms with Crippen LogP contribution in [0, 0.1) is 0 Å². The molecule has 0 saturated heterocycles. The topological polar surface area (TPSA) is 83.2 Å². The van der Waals surface area contributed by atoms with E-state index in [1.54, 1.807) is 42.5 Å². The highest BCUT2D eigenvalue weighted by Crippen LogP contribution is 2.23. The molecule has 30 heavy (non-hydrogen) atoms. The number of carbonyl (C=O) groups is 2. The lowest BCUT2D eigenvalue weighted by atomic mass is 10.2. The maximum Gasteiger partial charge on any atom is 0.272 e. The molecule has 0 unspecified atom stereocenters. The third-order valence-electron chi connectivity index (χ3n) is 4.56. The van der Waals surface area contributed by atoms with E-state index in [4.69, 9.17) is 4.74 Å². The van der Waals surface area contributed by atoms with E-state index in [2.05, 4.69) is 15.6 Å². The van der Waals surface area contributed by atoms with Crippen molar-refractivity contribution < 1.29 is 14.3 Å². The lowest BCUT2D eigenvalue weighted by Gasteiger charge is -2.08. The van der Waals surface area contributed by atoms with Crippen LogP contribution in [0.3, 0.4) is 0 Å². The van der Waals surface area contributed by atoms with Gasteiger partial charge in [0.05, 0.1) is 6.61 Å². The number of fused-ring (bicyclic) bond motifs is 1. The number of ether oxygens (including phenoxy) is 1. The molecule has 1 aromatic heterocycles. The zero-order valence-electron chi connectivity index (χ0n) is 16.4. The minimum absolute atomic E-state index is 0.209. The normalized spacial score (nSPS) is 10.6. The molecular weight excluding hydrogens is 378 g/mol. The van der Waals surface area contributed by atoms with Crippen LogP contribution in [0.25, 0.3) is 10.9 Å². The number of hydrogen-bond donors (Lipinski definition) is 3. The molecule has 6 heteroatoms. The van der Waals surface area contributed by atoms with Gasteiger partial charge in [-0.05, 0) is 55.5 Å². The summed E-state index contributed by atoms with van der Waals surface area (Å²) in [5.74, 6) is 0.274. The standard InChI is InChI=1S/C24H21N3O3/c1-2-30-20-12-11-17-13-22(27-21(17)15-20)24(29)26-19-10-6-9-18(14-19)25-23(28)16-7-4-3-5-8-16/h3-15,27H,2H2,1H3,(H,25,28)(H,26,29). The van der Waals surface area contributed by atoms with E-state index in [1.165, 1.54) is 0 Å². The van der Waals surface area contributed by atoms with E-state index in [-0.39, 0.29) is 11.8 Å². The van der Waals surface area contributed by atoms with Crippen molar-refractivity contribution in [2.45, 2.75) is 6.92 Å². The lowest BCUT2D eigenvalue weighted by molar-refractivity contribution is 0.101. The van der Waals surface area contributed by atoms with Gasteiger partial charge in [0.2, 0.25) is 0 Å². The Morgan fingerprint density at radius 3 is 2.30 bits per heavy atom. The first kappa shape index (κ1) is 19.3. The summed E-state index contributed by atoms with van der Waals surface area (Å²) in [6.45, 7) is 2.50. The number of aromatic amines is 1. The second kappa shape index (κ2) is 8.53. The monoisotopic (exact) mass is 399 g/mol. The van der Waals surface area contributed by atoms with E-state index < -0.39 is 0 Å². The van der Waals surface area contributed by atoms with Gasteiger partial charge in [-0.25, -0.2) is 0 Å². The number of aromatic nitrogens is 1. The van der Waals surface area contributed by atoms with Gasteiger partial charge in [-0.15, -0.1) is 0 Å². The summed E-state index contributed by atoms with van der Waals surface area (Å²) in [4.78, 5) is 28.1. The summed E-state index contributed by atoms with van der Waals surface area (Å²) in [5, 5.41) is 6.62. The zero-order valence-corrected chi connectivity index (χ0v) is 16.4. The fourth-order valence-electron chi connectivity index (χ4n) is 3.15. The largest absolute Gasteiger partial charge is 0.494 e. The number of rotatable bonds is 6. The molecule has 4 rings (SSSR count). The van der Waals surface area contributed by atoms with Crippen LogP contribution in [-0.2, 0) is 0 Å². The molecule has 0 saturated carbocycles. The van der Waals surface area contributed by atoms with Crippen LogP contribution in [0.2, 0.25) is 0 Å². The van der Waals surface area contributed by atoms with E-state index in [0.717, 1.165) is 16.7 Å². The Morgan fingerprint density at radius 2 is 1.57 bits per heavy atom. The van der Waals surface area contributed by atoms with E-state index >= 15 is 0 Å². The molecule has 4 aromatic rings. The predicted octanol–water partition coefficient (Wildman–Crippen LogP) is 5.07. The minimum atomic E-state index is -0.268. The van der Waals surface area contributed by atoms with Crippen molar-refractivity contribution in [3.63, 3.8) is 0 Å². The van der Waals surface area contributed by atoms with Crippen molar-refractivity contribution in [3.05, 3.63) is 90.1 Å². The number of carbonyl (C=O) groups excluding carboxylic acids is 2. The van der Waals surface area contributed by atoms with Crippen LogP contribution in [0.4, 0.5) is 11.4 Å². The number of nitrogens with one attached hydrogen (secondary N) is 3. The molecule has 3 aromatic carbocycles. The Kier molecular flexibility index (Phi) is 5.48. The molecule has 3 N–H and O–H groups in total. The van der Waals surface area contributed by atoms with Gasteiger partial charge in [-0.2, -0.15) is 0 Å². The van der Waals surface area contributed by atoms with Crippen LogP contribution >= 0.6 is 0 Å². The van der Waals surface area contributed by atoms with Crippen LogP contribution in [0.5, 0.6) is 5.75 Å². The first-order valence-electron chi connectivity index (χ1n) is 9.66. The third kappa shape index (κ3) is 4.33. The predicted molar refractivity (Wildman–Crippen MR) is 118 cm³/mol. The fraction of sp³-hybridized carbons (Fsp3) is 0.0833. The highest BCUT2D eigenvalue weighted by molar-refractivity contribution is 6.07. The van der Waals surface area contributed by atoms with Crippen molar-refractivity contribution >= 4 is 34.1 Å². The Morgan fingerprint density at radius 1 is 0.833 bits per heavy atom. The lowest BCUT2D eigenvalue weighted by Crippen LogP contribution is -2.14. The van der Waals surface area contributed by atoms with Crippen LogP contribution < -0.4 is 15.4 Å². The molecule has 0 radical (unpaired) electrons. The molecule has 0 aliphatic heterocycles. The van der Waals surface area contributed by atoms with Gasteiger partial charge in [-0.3, -0.25) is 9.59 Å². The maximum atomic E-state index is 12.7. The average Bonchev–Trinajstić information content (AvgIpc) is 3.18. The van der Waals surface area contributed by atoms with E-state index in [9.17, 15) is 9.59 Å². The Bertz CT molecular complexity index is 1200. The van der Waals surface area contributed by atoms with Gasteiger partial charge in [0, 0.05) is 33.9 Å². The van der Waals surface area contributed by atoms with Gasteiger partial charge in [0.1, 0.15) is 11.4 Å². The smallest absolute Gasteiger partial charge is 0.272 e. The molecule has 0 bridgehead atoms. The Labute approximate surface area is 173 Å². The molecule has 1 heterocycles. The summed E-state index contributed by atoms with van der Waals surface area (Å²) in [7, 11) is 0. The SMILES string of the molecule is CCOc1ccc2cc(C(=O)Nc3cccc(NC(=O)c4ccccc4)c3)[nH]c2c1. The minimum Gasteiger partial charge on any atom is -0.494 e. The fourth-order valence-corrected chi connectivity index (χ4v) is 3.15. The number of H-pyrrole nitrogens is 1. The number of benzene rings is 3. The van der Waals surface area contributed by atoms with Gasteiger partial charge >= 0.3 is 0 Å². The Hall–Kier alpha value is -4.06. The highest BCUT2D eigenvalue weighted by Gasteiger charge is 2.11. The number of amides is 2. The number of hydrogen-bond acceptors (Lipinski definition) is 3. The molecule has 6 nitrogen and oxygen atoms in total. The highest BCUT2D eigenvalue weighted by atomic mass is 16.5. The molecule has 2 amide bonds. The Balaban J connectivity index is 1.47. The molecule has 150 valence electrons. The van der Waals surface area contributed by atoms with Crippen molar-refractivity contribution in [3.8, 4) is 5.75 Å². The first-order valence-corrected chi connectivity index (χ1v) is 9.66.